The van der Waals surface area contributed by atoms with Gasteiger partial charge >= 0.3 is 5.97 Å². The van der Waals surface area contributed by atoms with Crippen molar-refractivity contribution >= 4 is 27.8 Å². The molecule has 6 heteroatoms. The number of carboxylic acids is 1. The van der Waals surface area contributed by atoms with Crippen molar-refractivity contribution in [2.45, 2.75) is 26.9 Å². The molecule has 21 heavy (non-hydrogen) atoms. The highest BCUT2D eigenvalue weighted by Gasteiger charge is 2.25. The molecule has 1 aromatic carbocycles. The summed E-state index contributed by atoms with van der Waals surface area (Å²) in [6.45, 7) is 6.42. The third kappa shape index (κ3) is 5.13. The highest BCUT2D eigenvalue weighted by molar-refractivity contribution is 9.10. The molecular formula is C15H20BrNO4. The van der Waals surface area contributed by atoms with Gasteiger partial charge in [-0.05, 0) is 23.6 Å². The number of carboxylic acid groups (broad SMARTS) is 1. The van der Waals surface area contributed by atoms with Crippen LogP contribution in [0.1, 0.15) is 41.5 Å². The van der Waals surface area contributed by atoms with Gasteiger partial charge in [-0.1, -0.05) is 36.7 Å². The van der Waals surface area contributed by atoms with E-state index in [9.17, 15) is 9.59 Å². The molecule has 1 unspecified atom stereocenters. The van der Waals surface area contributed by atoms with E-state index >= 15 is 0 Å². The van der Waals surface area contributed by atoms with E-state index < -0.39 is 5.97 Å². The number of aromatic carboxylic acids is 1. The Kier molecular flexibility index (Phi) is 5.92. The molecule has 0 spiro atoms. The maximum Gasteiger partial charge on any atom is 0.335 e. The predicted octanol–water partition coefficient (Wildman–Crippen LogP) is 2.94. The Morgan fingerprint density at radius 2 is 1.86 bits per heavy atom. The number of hydrogen-bond donors (Lipinski definition) is 2. The van der Waals surface area contributed by atoms with Crippen molar-refractivity contribution in [2.24, 2.45) is 5.41 Å². The SMILES string of the molecule is COC(CNC(=O)c1cc(Br)cc(C(=O)O)c1)C(C)(C)C. The molecule has 0 aliphatic rings. The van der Waals surface area contributed by atoms with Gasteiger partial charge in [0.15, 0.2) is 0 Å². The molecule has 0 heterocycles. The molecule has 116 valence electrons. The van der Waals surface area contributed by atoms with Gasteiger partial charge in [0.2, 0.25) is 0 Å². The van der Waals surface area contributed by atoms with Gasteiger partial charge in [-0.2, -0.15) is 0 Å². The Morgan fingerprint density at radius 1 is 1.29 bits per heavy atom. The monoisotopic (exact) mass is 357 g/mol. The van der Waals surface area contributed by atoms with Crippen LogP contribution in [0.5, 0.6) is 0 Å². The normalized spacial score (nSPS) is 12.8. The molecule has 0 aliphatic heterocycles. The van der Waals surface area contributed by atoms with Crippen molar-refractivity contribution in [3.63, 3.8) is 0 Å². The van der Waals surface area contributed by atoms with Crippen molar-refractivity contribution in [1.82, 2.24) is 5.32 Å². The Bertz CT molecular complexity index is 537. The number of halogens is 1. The minimum Gasteiger partial charge on any atom is -0.478 e. The van der Waals surface area contributed by atoms with E-state index in [-0.39, 0.29) is 23.0 Å². The van der Waals surface area contributed by atoms with Gasteiger partial charge in [0.05, 0.1) is 11.7 Å². The van der Waals surface area contributed by atoms with E-state index in [1.165, 1.54) is 12.1 Å². The number of benzene rings is 1. The molecule has 0 radical (unpaired) electrons. The van der Waals surface area contributed by atoms with E-state index in [1.807, 2.05) is 20.8 Å². The summed E-state index contributed by atoms with van der Waals surface area (Å²) in [5, 5.41) is 11.8. The van der Waals surface area contributed by atoms with Gasteiger partial charge in [-0.25, -0.2) is 4.79 Å². The fourth-order valence-electron chi connectivity index (χ4n) is 1.87. The van der Waals surface area contributed by atoms with Crippen molar-refractivity contribution < 1.29 is 19.4 Å². The number of hydrogen-bond acceptors (Lipinski definition) is 3. The van der Waals surface area contributed by atoms with Crippen LogP contribution < -0.4 is 5.32 Å². The molecule has 0 aliphatic carbocycles. The smallest absolute Gasteiger partial charge is 0.335 e. The summed E-state index contributed by atoms with van der Waals surface area (Å²) in [6.07, 6.45) is -0.132. The predicted molar refractivity (Wildman–Crippen MR) is 83.7 cm³/mol. The topological polar surface area (TPSA) is 75.6 Å². The summed E-state index contributed by atoms with van der Waals surface area (Å²) in [5.74, 6) is -1.40. The standard InChI is InChI=1S/C15H20BrNO4/c1-15(2,3)12(21-4)8-17-13(18)9-5-10(14(19)20)7-11(16)6-9/h5-7,12H,8H2,1-4H3,(H,17,18)(H,19,20). The molecule has 0 saturated carbocycles. The average Bonchev–Trinajstić information content (AvgIpc) is 2.36. The molecule has 1 amide bonds. The van der Waals surface area contributed by atoms with E-state index in [4.69, 9.17) is 9.84 Å². The van der Waals surface area contributed by atoms with Gasteiger partial charge < -0.3 is 15.2 Å². The molecule has 2 N–H and O–H groups in total. The summed E-state index contributed by atoms with van der Waals surface area (Å²) in [5.41, 5.74) is 0.255. The second-order valence-corrected chi connectivity index (χ2v) is 6.75. The Labute approximate surface area is 132 Å². The van der Waals surface area contributed by atoms with Gasteiger partial charge in [-0.3, -0.25) is 4.79 Å². The summed E-state index contributed by atoms with van der Waals surface area (Å²) in [6, 6.07) is 4.38. The lowest BCUT2D eigenvalue weighted by atomic mass is 9.89. The highest BCUT2D eigenvalue weighted by Crippen LogP contribution is 2.21. The summed E-state index contributed by atoms with van der Waals surface area (Å²) < 4.78 is 5.92. The van der Waals surface area contributed by atoms with Crippen molar-refractivity contribution in [3.05, 3.63) is 33.8 Å². The van der Waals surface area contributed by atoms with E-state index in [0.717, 1.165) is 0 Å². The lowest BCUT2D eigenvalue weighted by Gasteiger charge is -2.29. The van der Waals surface area contributed by atoms with Gasteiger partial charge in [0.25, 0.3) is 5.91 Å². The van der Waals surface area contributed by atoms with Crippen molar-refractivity contribution in [1.29, 1.82) is 0 Å². The molecule has 1 aromatic rings. The summed E-state index contributed by atoms with van der Waals surface area (Å²) >= 11 is 3.21. The molecular weight excluding hydrogens is 338 g/mol. The second kappa shape index (κ2) is 7.04. The van der Waals surface area contributed by atoms with Crippen LogP contribution in [0.4, 0.5) is 0 Å². The number of rotatable bonds is 5. The first kappa shape index (κ1) is 17.7. The van der Waals surface area contributed by atoms with Crippen molar-refractivity contribution in [3.8, 4) is 0 Å². The van der Waals surface area contributed by atoms with Gasteiger partial charge in [-0.15, -0.1) is 0 Å². The minimum atomic E-state index is -1.07. The maximum absolute atomic E-state index is 12.1. The van der Waals surface area contributed by atoms with Gasteiger partial charge in [0, 0.05) is 23.7 Å². The lowest BCUT2D eigenvalue weighted by Crippen LogP contribution is -2.40. The zero-order valence-electron chi connectivity index (χ0n) is 12.6. The first-order valence-corrected chi connectivity index (χ1v) is 7.29. The van der Waals surface area contributed by atoms with Crippen LogP contribution in [0, 0.1) is 5.41 Å². The highest BCUT2D eigenvalue weighted by atomic mass is 79.9. The third-order valence-corrected chi connectivity index (χ3v) is 3.56. The lowest BCUT2D eigenvalue weighted by molar-refractivity contribution is 0.0176. The van der Waals surface area contributed by atoms with Crippen LogP contribution >= 0.6 is 15.9 Å². The third-order valence-electron chi connectivity index (χ3n) is 3.11. The summed E-state index contributed by atoms with van der Waals surface area (Å²) in [7, 11) is 1.60. The number of carbonyl (C=O) groups excluding carboxylic acids is 1. The second-order valence-electron chi connectivity index (χ2n) is 5.83. The fourth-order valence-corrected chi connectivity index (χ4v) is 2.37. The number of methoxy groups -OCH3 is 1. The molecule has 5 nitrogen and oxygen atoms in total. The van der Waals surface area contributed by atoms with Crippen LogP contribution in [-0.4, -0.2) is 36.7 Å². The van der Waals surface area contributed by atoms with Gasteiger partial charge in [0.1, 0.15) is 0 Å². The molecule has 1 rings (SSSR count). The quantitative estimate of drug-likeness (QED) is 0.849. The van der Waals surface area contributed by atoms with Crippen LogP contribution in [0.3, 0.4) is 0 Å². The maximum atomic E-state index is 12.1. The average molecular weight is 358 g/mol. The van der Waals surface area contributed by atoms with Crippen LogP contribution in [0.25, 0.3) is 0 Å². The molecule has 0 saturated heterocycles. The Morgan fingerprint density at radius 3 is 2.33 bits per heavy atom. The van der Waals surface area contributed by atoms with Crippen LogP contribution in [0.15, 0.2) is 22.7 Å². The van der Waals surface area contributed by atoms with E-state index in [1.54, 1.807) is 13.2 Å². The fraction of sp³-hybridized carbons (Fsp3) is 0.467. The number of carbonyl (C=O) groups is 2. The number of ether oxygens (including phenoxy) is 1. The zero-order chi connectivity index (χ0) is 16.2. The van der Waals surface area contributed by atoms with Crippen LogP contribution in [0.2, 0.25) is 0 Å². The largest absolute Gasteiger partial charge is 0.478 e. The first-order valence-electron chi connectivity index (χ1n) is 6.50. The Balaban J connectivity index is 2.83. The Hall–Kier alpha value is -1.40. The zero-order valence-corrected chi connectivity index (χ0v) is 14.2. The molecule has 0 bridgehead atoms. The molecule has 1 atom stereocenters. The molecule has 0 fully saturated rings. The van der Waals surface area contributed by atoms with Crippen LogP contribution in [-0.2, 0) is 4.74 Å². The minimum absolute atomic E-state index is 0.0636. The molecule has 0 aromatic heterocycles. The number of nitrogens with one attached hydrogen (secondary N) is 1. The van der Waals surface area contributed by atoms with E-state index in [0.29, 0.717) is 16.6 Å². The summed E-state index contributed by atoms with van der Waals surface area (Å²) in [4.78, 5) is 23.1. The number of amides is 1. The first-order chi connectivity index (χ1) is 9.65. The van der Waals surface area contributed by atoms with Crippen molar-refractivity contribution in [2.75, 3.05) is 13.7 Å². The van der Waals surface area contributed by atoms with E-state index in [2.05, 4.69) is 21.2 Å².